The molecule has 2 rings (SSSR count). The highest BCUT2D eigenvalue weighted by molar-refractivity contribution is 5.80. The molecule has 4 nitrogen and oxygen atoms in total. The van der Waals surface area contributed by atoms with Crippen LogP contribution in [0.4, 0.5) is 0 Å². The molecule has 18 heavy (non-hydrogen) atoms. The van der Waals surface area contributed by atoms with E-state index in [-0.39, 0.29) is 11.9 Å². The maximum Gasteiger partial charge on any atom is 0.243 e. The van der Waals surface area contributed by atoms with Crippen molar-refractivity contribution in [2.24, 2.45) is 0 Å². The number of nitrogens with one attached hydrogen (secondary N) is 1. The highest BCUT2D eigenvalue weighted by Gasteiger charge is 2.16. The average Bonchev–Trinajstić information content (AvgIpc) is 2.82. The Morgan fingerprint density at radius 1 is 1.56 bits per heavy atom. The molecule has 4 heteroatoms. The molecule has 1 amide bonds. The number of hydrogen-bond donors (Lipinski definition) is 1. The Morgan fingerprint density at radius 3 is 3.00 bits per heavy atom. The van der Waals surface area contributed by atoms with Gasteiger partial charge >= 0.3 is 0 Å². The summed E-state index contributed by atoms with van der Waals surface area (Å²) in [6.07, 6.45) is 10.6. The summed E-state index contributed by atoms with van der Waals surface area (Å²) in [5.41, 5.74) is 1.36. The van der Waals surface area contributed by atoms with E-state index >= 15 is 0 Å². The fourth-order valence-corrected chi connectivity index (χ4v) is 2.34. The minimum Gasteiger partial charge on any atom is -0.351 e. The molecule has 0 bridgehead atoms. The van der Waals surface area contributed by atoms with Crippen LogP contribution in [-0.2, 0) is 4.79 Å². The lowest BCUT2D eigenvalue weighted by Gasteiger charge is -2.17. The molecule has 0 aromatic carbocycles. The predicted molar refractivity (Wildman–Crippen MR) is 71.2 cm³/mol. The zero-order valence-electron chi connectivity index (χ0n) is 11.1. The second-order valence-corrected chi connectivity index (χ2v) is 4.88. The lowest BCUT2D eigenvalue weighted by molar-refractivity contribution is -0.123. The minimum absolute atomic E-state index is 0.0579. The van der Waals surface area contributed by atoms with Gasteiger partial charge in [0.25, 0.3) is 0 Å². The van der Waals surface area contributed by atoms with Gasteiger partial charge in [-0.15, -0.1) is 0 Å². The molecule has 0 spiro atoms. The Hall–Kier alpha value is -1.58. The zero-order chi connectivity index (χ0) is 13.0. The molecule has 0 radical (unpaired) electrons. The number of allylic oxidation sites excluding steroid dienone is 1. The van der Waals surface area contributed by atoms with Gasteiger partial charge in [0.2, 0.25) is 5.91 Å². The number of amides is 1. The first-order valence-electron chi connectivity index (χ1n) is 6.63. The molecule has 0 unspecified atom stereocenters. The SMILES string of the molecule is Cc1nccn1[C@@H](C)C(=O)NCC1=CCCCC1. The summed E-state index contributed by atoms with van der Waals surface area (Å²) in [6.45, 7) is 4.50. The Bertz CT molecular complexity index is 448. The van der Waals surface area contributed by atoms with Crippen LogP contribution in [-0.4, -0.2) is 22.0 Å². The number of imidazole rings is 1. The summed E-state index contributed by atoms with van der Waals surface area (Å²) in [4.78, 5) is 16.2. The number of rotatable bonds is 4. The third-order valence-corrected chi connectivity index (χ3v) is 3.53. The standard InChI is InChI=1S/C14H21N3O/c1-11(17-9-8-15-12(17)2)14(18)16-10-13-6-4-3-5-7-13/h6,8-9,11H,3-5,7,10H2,1-2H3,(H,16,18)/t11-/m0/s1. The van der Waals surface area contributed by atoms with Crippen molar-refractivity contribution < 1.29 is 4.79 Å². The maximum atomic E-state index is 12.0. The molecule has 1 N–H and O–H groups in total. The van der Waals surface area contributed by atoms with E-state index in [4.69, 9.17) is 0 Å². The van der Waals surface area contributed by atoms with E-state index in [2.05, 4.69) is 16.4 Å². The smallest absolute Gasteiger partial charge is 0.243 e. The molecule has 0 fully saturated rings. The van der Waals surface area contributed by atoms with E-state index in [9.17, 15) is 4.79 Å². The van der Waals surface area contributed by atoms with E-state index in [1.807, 2.05) is 24.6 Å². The molecule has 0 saturated heterocycles. The molecule has 0 saturated carbocycles. The molecular formula is C14H21N3O. The first-order chi connectivity index (χ1) is 8.68. The van der Waals surface area contributed by atoms with Crippen molar-refractivity contribution in [2.75, 3.05) is 6.54 Å². The van der Waals surface area contributed by atoms with Crippen molar-refractivity contribution in [1.29, 1.82) is 0 Å². The van der Waals surface area contributed by atoms with Crippen LogP contribution in [0.15, 0.2) is 24.0 Å². The molecule has 1 atom stereocenters. The number of aryl methyl sites for hydroxylation is 1. The Kier molecular flexibility index (Phi) is 4.18. The van der Waals surface area contributed by atoms with Gasteiger partial charge in [-0.05, 0) is 39.5 Å². The average molecular weight is 247 g/mol. The van der Waals surface area contributed by atoms with Crippen molar-refractivity contribution in [3.63, 3.8) is 0 Å². The van der Waals surface area contributed by atoms with Gasteiger partial charge in [-0.3, -0.25) is 4.79 Å². The maximum absolute atomic E-state index is 12.0. The van der Waals surface area contributed by atoms with E-state index in [0.717, 1.165) is 18.7 Å². The van der Waals surface area contributed by atoms with Crippen molar-refractivity contribution >= 4 is 5.91 Å². The number of aromatic nitrogens is 2. The monoisotopic (exact) mass is 247 g/mol. The number of carbonyl (C=O) groups excluding carboxylic acids is 1. The number of carbonyl (C=O) groups is 1. The van der Waals surface area contributed by atoms with E-state index in [1.165, 1.54) is 18.4 Å². The molecule has 1 aliphatic rings. The van der Waals surface area contributed by atoms with Crippen molar-refractivity contribution in [3.05, 3.63) is 29.9 Å². The molecule has 1 aromatic heterocycles. The Balaban J connectivity index is 1.88. The minimum atomic E-state index is -0.198. The molecule has 0 aliphatic heterocycles. The lowest BCUT2D eigenvalue weighted by Crippen LogP contribution is -2.32. The topological polar surface area (TPSA) is 46.9 Å². The van der Waals surface area contributed by atoms with E-state index < -0.39 is 0 Å². The van der Waals surface area contributed by atoms with Gasteiger partial charge in [-0.1, -0.05) is 11.6 Å². The summed E-state index contributed by atoms with van der Waals surface area (Å²) in [5, 5.41) is 3.01. The molecule has 98 valence electrons. The quantitative estimate of drug-likeness (QED) is 0.830. The summed E-state index contributed by atoms with van der Waals surface area (Å²) in [5.74, 6) is 0.928. The van der Waals surface area contributed by atoms with Gasteiger partial charge in [0.05, 0.1) is 0 Å². The molecule has 1 heterocycles. The zero-order valence-corrected chi connectivity index (χ0v) is 11.1. The number of nitrogens with zero attached hydrogens (tertiary/aromatic N) is 2. The first kappa shape index (κ1) is 12.9. The van der Waals surface area contributed by atoms with Crippen LogP contribution in [0, 0.1) is 6.92 Å². The van der Waals surface area contributed by atoms with Gasteiger partial charge in [-0.2, -0.15) is 0 Å². The van der Waals surface area contributed by atoms with Gasteiger partial charge in [-0.25, -0.2) is 4.98 Å². The van der Waals surface area contributed by atoms with Crippen molar-refractivity contribution in [2.45, 2.75) is 45.6 Å². The first-order valence-corrected chi connectivity index (χ1v) is 6.63. The third kappa shape index (κ3) is 3.00. The normalized spacial score (nSPS) is 17.1. The third-order valence-electron chi connectivity index (χ3n) is 3.53. The molecular weight excluding hydrogens is 226 g/mol. The Morgan fingerprint density at radius 2 is 2.39 bits per heavy atom. The van der Waals surface area contributed by atoms with Crippen LogP contribution < -0.4 is 5.32 Å². The van der Waals surface area contributed by atoms with Crippen LogP contribution >= 0.6 is 0 Å². The second kappa shape index (κ2) is 5.85. The van der Waals surface area contributed by atoms with Crippen LogP contribution in [0.1, 0.15) is 44.5 Å². The fourth-order valence-electron chi connectivity index (χ4n) is 2.34. The molecule has 1 aliphatic carbocycles. The van der Waals surface area contributed by atoms with Gasteiger partial charge in [0, 0.05) is 18.9 Å². The summed E-state index contributed by atoms with van der Waals surface area (Å²) < 4.78 is 1.89. The van der Waals surface area contributed by atoms with Crippen molar-refractivity contribution in [3.8, 4) is 0 Å². The van der Waals surface area contributed by atoms with Gasteiger partial charge < -0.3 is 9.88 Å². The highest BCUT2D eigenvalue weighted by Crippen LogP contribution is 2.16. The van der Waals surface area contributed by atoms with Gasteiger partial charge in [0.15, 0.2) is 0 Å². The molecule has 1 aromatic rings. The van der Waals surface area contributed by atoms with Crippen molar-refractivity contribution in [1.82, 2.24) is 14.9 Å². The summed E-state index contributed by atoms with van der Waals surface area (Å²) in [7, 11) is 0. The lowest BCUT2D eigenvalue weighted by atomic mass is 10.00. The summed E-state index contributed by atoms with van der Waals surface area (Å²) in [6, 6.07) is -0.198. The predicted octanol–water partition coefficient (Wildman–Crippen LogP) is 2.37. The van der Waals surface area contributed by atoms with Crippen LogP contribution in [0.5, 0.6) is 0 Å². The van der Waals surface area contributed by atoms with Crippen LogP contribution in [0.2, 0.25) is 0 Å². The fraction of sp³-hybridized carbons (Fsp3) is 0.571. The highest BCUT2D eigenvalue weighted by atomic mass is 16.2. The van der Waals surface area contributed by atoms with Crippen LogP contribution in [0.25, 0.3) is 0 Å². The Labute approximate surface area is 108 Å². The van der Waals surface area contributed by atoms with Crippen LogP contribution in [0.3, 0.4) is 0 Å². The number of hydrogen-bond acceptors (Lipinski definition) is 2. The van der Waals surface area contributed by atoms with E-state index in [1.54, 1.807) is 6.20 Å². The van der Waals surface area contributed by atoms with E-state index in [0.29, 0.717) is 6.54 Å². The second-order valence-electron chi connectivity index (χ2n) is 4.88. The van der Waals surface area contributed by atoms with Gasteiger partial charge in [0.1, 0.15) is 11.9 Å². The largest absolute Gasteiger partial charge is 0.351 e. The summed E-state index contributed by atoms with van der Waals surface area (Å²) >= 11 is 0.